The normalized spacial score (nSPS) is 22.6. The average molecular weight is 203 g/mol. The molecule has 1 atom stereocenters. The molecule has 1 unspecified atom stereocenters. The van der Waals surface area contributed by atoms with E-state index in [0.29, 0.717) is 5.92 Å². The molecule has 1 heteroatoms. The van der Waals surface area contributed by atoms with Crippen molar-refractivity contribution in [2.45, 2.75) is 44.9 Å². The third-order valence-corrected chi connectivity index (χ3v) is 3.37. The molecule has 1 nitrogen and oxygen atoms in total. The number of para-hydroxylation sites is 1. The number of rotatable bonds is 0. The van der Waals surface area contributed by atoms with Gasteiger partial charge in [-0.2, -0.15) is 0 Å². The molecule has 1 aromatic rings. The molecule has 15 heavy (non-hydrogen) atoms. The van der Waals surface area contributed by atoms with Gasteiger partial charge in [0.05, 0.1) is 0 Å². The Morgan fingerprint density at radius 3 is 2.80 bits per heavy atom. The topological polar surface area (TPSA) is 12.0 Å². The molecule has 0 radical (unpaired) electrons. The third kappa shape index (κ3) is 2.74. The lowest BCUT2D eigenvalue weighted by atomic mass is 9.92. The highest BCUT2D eigenvalue weighted by Gasteiger charge is 2.10. The van der Waals surface area contributed by atoms with Gasteiger partial charge in [-0.3, -0.25) is 0 Å². The van der Waals surface area contributed by atoms with E-state index in [4.69, 9.17) is 0 Å². The summed E-state index contributed by atoms with van der Waals surface area (Å²) in [5.74, 6) is 0.701. The summed E-state index contributed by atoms with van der Waals surface area (Å²) in [6.07, 6.45) is 6.80. The fraction of sp³-hybridized carbons (Fsp3) is 0.571. The maximum absolute atomic E-state index is 3.56. The first-order valence-corrected chi connectivity index (χ1v) is 6.21. The molecule has 1 aliphatic heterocycles. The van der Waals surface area contributed by atoms with Crippen molar-refractivity contribution >= 4 is 5.69 Å². The van der Waals surface area contributed by atoms with Gasteiger partial charge in [-0.25, -0.2) is 0 Å². The van der Waals surface area contributed by atoms with Gasteiger partial charge in [0, 0.05) is 12.2 Å². The van der Waals surface area contributed by atoms with Crippen molar-refractivity contribution in [2.75, 3.05) is 11.9 Å². The highest BCUT2D eigenvalue weighted by molar-refractivity contribution is 5.52. The van der Waals surface area contributed by atoms with Crippen LogP contribution in [0.1, 0.15) is 50.5 Å². The number of fused-ring (bicyclic) bond motifs is 1. The van der Waals surface area contributed by atoms with E-state index >= 15 is 0 Å². The number of hydrogen-bond donors (Lipinski definition) is 1. The predicted octanol–water partition coefficient (Wildman–Crippen LogP) is 4.17. The van der Waals surface area contributed by atoms with Crippen molar-refractivity contribution in [2.24, 2.45) is 0 Å². The second kappa shape index (κ2) is 5.20. The first kappa shape index (κ1) is 10.5. The third-order valence-electron chi connectivity index (χ3n) is 3.37. The first-order valence-electron chi connectivity index (χ1n) is 6.21. The summed E-state index contributed by atoms with van der Waals surface area (Å²) >= 11 is 0. The quantitative estimate of drug-likeness (QED) is 0.667. The van der Waals surface area contributed by atoms with Crippen LogP contribution in [0.4, 0.5) is 5.69 Å². The van der Waals surface area contributed by atoms with Gasteiger partial charge in [0.15, 0.2) is 0 Å². The molecule has 82 valence electrons. The van der Waals surface area contributed by atoms with E-state index in [1.165, 1.54) is 43.4 Å². The lowest BCUT2D eigenvalue weighted by Crippen LogP contribution is -2.07. The maximum atomic E-state index is 3.56. The Morgan fingerprint density at radius 2 is 1.87 bits per heavy atom. The molecule has 2 rings (SSSR count). The van der Waals surface area contributed by atoms with E-state index < -0.39 is 0 Å². The molecule has 0 spiro atoms. The van der Waals surface area contributed by atoms with Crippen LogP contribution >= 0.6 is 0 Å². The van der Waals surface area contributed by atoms with Gasteiger partial charge in [0.2, 0.25) is 0 Å². The SMILES string of the molecule is CC1CCCCCCNc2ccccc21. The molecule has 1 N–H and O–H groups in total. The van der Waals surface area contributed by atoms with Crippen molar-refractivity contribution in [3.05, 3.63) is 29.8 Å². The minimum absolute atomic E-state index is 0.701. The summed E-state index contributed by atoms with van der Waals surface area (Å²) in [4.78, 5) is 0. The van der Waals surface area contributed by atoms with Gasteiger partial charge < -0.3 is 5.32 Å². The lowest BCUT2D eigenvalue weighted by molar-refractivity contribution is 0.570. The Labute approximate surface area is 92.9 Å². The molecule has 0 fully saturated rings. The summed E-state index contributed by atoms with van der Waals surface area (Å²) in [6, 6.07) is 8.77. The smallest absolute Gasteiger partial charge is 0.0375 e. The van der Waals surface area contributed by atoms with Crippen LogP contribution in [0.15, 0.2) is 24.3 Å². The summed E-state index contributed by atoms with van der Waals surface area (Å²) < 4.78 is 0. The Kier molecular flexibility index (Phi) is 3.65. The minimum atomic E-state index is 0.701. The van der Waals surface area contributed by atoms with Crippen LogP contribution in [0.2, 0.25) is 0 Å². The van der Waals surface area contributed by atoms with Gasteiger partial charge in [0.25, 0.3) is 0 Å². The minimum Gasteiger partial charge on any atom is -0.385 e. The molecule has 0 aliphatic carbocycles. The van der Waals surface area contributed by atoms with Crippen LogP contribution in [-0.4, -0.2) is 6.54 Å². The first-order chi connectivity index (χ1) is 7.38. The fourth-order valence-electron chi connectivity index (χ4n) is 2.40. The zero-order valence-electron chi connectivity index (χ0n) is 9.63. The van der Waals surface area contributed by atoms with Gasteiger partial charge in [0.1, 0.15) is 0 Å². The summed E-state index contributed by atoms with van der Waals surface area (Å²) in [5, 5.41) is 3.56. The van der Waals surface area contributed by atoms with Crippen molar-refractivity contribution in [3.8, 4) is 0 Å². The molecule has 0 amide bonds. The summed E-state index contributed by atoms with van der Waals surface area (Å²) in [7, 11) is 0. The van der Waals surface area contributed by atoms with Gasteiger partial charge in [-0.1, -0.05) is 44.4 Å². The Morgan fingerprint density at radius 1 is 1.07 bits per heavy atom. The highest BCUT2D eigenvalue weighted by Crippen LogP contribution is 2.29. The van der Waals surface area contributed by atoms with Crippen molar-refractivity contribution in [1.29, 1.82) is 0 Å². The fourth-order valence-corrected chi connectivity index (χ4v) is 2.40. The number of anilines is 1. The van der Waals surface area contributed by atoms with E-state index in [1.807, 2.05) is 0 Å². The van der Waals surface area contributed by atoms with Crippen LogP contribution in [0.3, 0.4) is 0 Å². The van der Waals surface area contributed by atoms with E-state index in [-0.39, 0.29) is 0 Å². The van der Waals surface area contributed by atoms with Crippen LogP contribution < -0.4 is 5.32 Å². The Balaban J connectivity index is 2.19. The number of benzene rings is 1. The monoisotopic (exact) mass is 203 g/mol. The largest absolute Gasteiger partial charge is 0.385 e. The molecule has 0 saturated heterocycles. The molecular weight excluding hydrogens is 182 g/mol. The molecule has 1 aliphatic rings. The molecule has 0 saturated carbocycles. The summed E-state index contributed by atoms with van der Waals surface area (Å²) in [6.45, 7) is 3.48. The van der Waals surface area contributed by atoms with E-state index in [0.717, 1.165) is 6.54 Å². The second-order valence-electron chi connectivity index (χ2n) is 4.62. The summed E-state index contributed by atoms with van der Waals surface area (Å²) in [5.41, 5.74) is 2.85. The molecular formula is C14H21N. The van der Waals surface area contributed by atoms with Gasteiger partial charge >= 0.3 is 0 Å². The van der Waals surface area contributed by atoms with Gasteiger partial charge in [-0.15, -0.1) is 0 Å². The van der Waals surface area contributed by atoms with Crippen molar-refractivity contribution in [1.82, 2.24) is 0 Å². The van der Waals surface area contributed by atoms with Crippen LogP contribution in [-0.2, 0) is 0 Å². The van der Waals surface area contributed by atoms with Crippen LogP contribution in [0, 0.1) is 0 Å². The molecule has 0 aromatic heterocycles. The maximum Gasteiger partial charge on any atom is 0.0375 e. The zero-order valence-corrected chi connectivity index (χ0v) is 9.63. The Hall–Kier alpha value is -0.980. The molecule has 1 heterocycles. The second-order valence-corrected chi connectivity index (χ2v) is 4.62. The van der Waals surface area contributed by atoms with Crippen LogP contribution in [0.25, 0.3) is 0 Å². The molecule has 0 bridgehead atoms. The van der Waals surface area contributed by atoms with E-state index in [2.05, 4.69) is 36.5 Å². The number of hydrogen-bond acceptors (Lipinski definition) is 1. The average Bonchev–Trinajstić information content (AvgIpc) is 2.28. The van der Waals surface area contributed by atoms with Gasteiger partial charge in [-0.05, 0) is 30.4 Å². The van der Waals surface area contributed by atoms with E-state index in [9.17, 15) is 0 Å². The van der Waals surface area contributed by atoms with Crippen molar-refractivity contribution < 1.29 is 0 Å². The highest BCUT2D eigenvalue weighted by atomic mass is 14.9. The van der Waals surface area contributed by atoms with Crippen LogP contribution in [0.5, 0.6) is 0 Å². The predicted molar refractivity (Wildman–Crippen MR) is 66.4 cm³/mol. The molecule has 1 aromatic carbocycles. The lowest BCUT2D eigenvalue weighted by Gasteiger charge is -2.19. The van der Waals surface area contributed by atoms with Crippen molar-refractivity contribution in [3.63, 3.8) is 0 Å². The number of nitrogens with one attached hydrogen (secondary N) is 1. The zero-order chi connectivity index (χ0) is 10.5. The standard InChI is InChI=1S/C14H21N/c1-12-8-4-2-3-7-11-15-14-10-6-5-9-13(12)14/h5-6,9-10,12,15H,2-4,7-8,11H2,1H3. The van der Waals surface area contributed by atoms with E-state index in [1.54, 1.807) is 0 Å². The Bertz CT molecular complexity index is 306.